The van der Waals surface area contributed by atoms with E-state index >= 15 is 0 Å². The number of nitrogens with one attached hydrogen (secondary N) is 2. The molecular weight excluding hydrogens is 262 g/mol. The summed E-state index contributed by atoms with van der Waals surface area (Å²) in [7, 11) is 0. The monoisotopic (exact) mass is 289 g/mol. The molecule has 0 amide bonds. The molecule has 2 rings (SSSR count). The van der Waals surface area contributed by atoms with Crippen LogP contribution in [0.4, 0.5) is 0 Å². The molecular formula is C17H27N3O. The van der Waals surface area contributed by atoms with Gasteiger partial charge in [0, 0.05) is 13.1 Å². The number of guanidine groups is 1. The van der Waals surface area contributed by atoms with E-state index in [4.69, 9.17) is 0 Å². The Morgan fingerprint density at radius 2 is 1.95 bits per heavy atom. The Morgan fingerprint density at radius 1 is 1.24 bits per heavy atom. The standard InChI is InChI=1S/C17H27N3O/c1-3-18-16(20-13-17(21)10-6-7-11-17)19-12-15-9-5-4-8-14(15)2/h4-5,8-9,21H,3,6-7,10-13H2,1-2H3,(H2,18,19,20). The zero-order chi connectivity index (χ0) is 15.1. The van der Waals surface area contributed by atoms with Gasteiger partial charge in [-0.05, 0) is 37.8 Å². The predicted molar refractivity (Wildman–Crippen MR) is 87.4 cm³/mol. The van der Waals surface area contributed by atoms with E-state index in [0.29, 0.717) is 13.1 Å². The maximum Gasteiger partial charge on any atom is 0.191 e. The first-order valence-corrected chi connectivity index (χ1v) is 7.92. The molecule has 0 unspecified atom stereocenters. The molecule has 4 heteroatoms. The highest BCUT2D eigenvalue weighted by molar-refractivity contribution is 5.79. The van der Waals surface area contributed by atoms with E-state index in [0.717, 1.165) is 38.2 Å². The number of aliphatic hydroxyl groups is 1. The molecule has 0 aliphatic heterocycles. The fourth-order valence-corrected chi connectivity index (χ4v) is 2.75. The number of nitrogens with zero attached hydrogens (tertiary/aromatic N) is 1. The molecule has 0 bridgehead atoms. The van der Waals surface area contributed by atoms with Gasteiger partial charge in [0.25, 0.3) is 0 Å². The van der Waals surface area contributed by atoms with E-state index in [1.807, 2.05) is 12.1 Å². The van der Waals surface area contributed by atoms with Crippen molar-refractivity contribution >= 4 is 5.96 Å². The van der Waals surface area contributed by atoms with Crippen LogP contribution in [0.5, 0.6) is 0 Å². The molecule has 1 saturated carbocycles. The van der Waals surface area contributed by atoms with Gasteiger partial charge in [0.1, 0.15) is 0 Å². The summed E-state index contributed by atoms with van der Waals surface area (Å²) in [6.07, 6.45) is 4.01. The zero-order valence-electron chi connectivity index (χ0n) is 13.2. The van der Waals surface area contributed by atoms with Gasteiger partial charge in [-0.25, -0.2) is 4.99 Å². The molecule has 21 heavy (non-hydrogen) atoms. The first kappa shape index (κ1) is 15.8. The van der Waals surface area contributed by atoms with Crippen molar-refractivity contribution in [1.29, 1.82) is 0 Å². The Hall–Kier alpha value is -1.55. The lowest BCUT2D eigenvalue weighted by atomic mass is 10.0. The van der Waals surface area contributed by atoms with Crippen molar-refractivity contribution in [3.05, 3.63) is 35.4 Å². The van der Waals surface area contributed by atoms with Crippen molar-refractivity contribution in [2.75, 3.05) is 13.1 Å². The van der Waals surface area contributed by atoms with Crippen LogP contribution in [0, 0.1) is 6.92 Å². The van der Waals surface area contributed by atoms with E-state index in [9.17, 15) is 5.11 Å². The van der Waals surface area contributed by atoms with Gasteiger partial charge in [0.2, 0.25) is 0 Å². The third kappa shape index (κ3) is 4.74. The molecule has 1 fully saturated rings. The summed E-state index contributed by atoms with van der Waals surface area (Å²) in [5, 5.41) is 16.9. The minimum absolute atomic E-state index is 0.557. The fourth-order valence-electron chi connectivity index (χ4n) is 2.75. The summed E-state index contributed by atoms with van der Waals surface area (Å²) >= 11 is 0. The summed E-state index contributed by atoms with van der Waals surface area (Å²) in [6, 6.07) is 8.29. The fraction of sp³-hybridized carbons (Fsp3) is 0.588. The maximum absolute atomic E-state index is 10.4. The van der Waals surface area contributed by atoms with Gasteiger partial charge in [0.15, 0.2) is 5.96 Å². The van der Waals surface area contributed by atoms with Crippen LogP contribution in [-0.4, -0.2) is 29.8 Å². The Kier molecular flexibility index (Phi) is 5.62. The van der Waals surface area contributed by atoms with Crippen molar-refractivity contribution < 1.29 is 5.11 Å². The van der Waals surface area contributed by atoms with Gasteiger partial charge in [-0.15, -0.1) is 0 Å². The molecule has 0 aromatic heterocycles. The molecule has 3 N–H and O–H groups in total. The maximum atomic E-state index is 10.4. The van der Waals surface area contributed by atoms with Crippen LogP contribution in [0.1, 0.15) is 43.7 Å². The van der Waals surface area contributed by atoms with Crippen LogP contribution in [-0.2, 0) is 6.54 Å². The van der Waals surface area contributed by atoms with Crippen LogP contribution < -0.4 is 10.6 Å². The number of benzene rings is 1. The predicted octanol–water partition coefficient (Wildman–Crippen LogP) is 2.36. The highest BCUT2D eigenvalue weighted by Gasteiger charge is 2.30. The smallest absolute Gasteiger partial charge is 0.191 e. The lowest BCUT2D eigenvalue weighted by molar-refractivity contribution is 0.0522. The Balaban J connectivity index is 1.94. The molecule has 0 atom stereocenters. The highest BCUT2D eigenvalue weighted by Crippen LogP contribution is 2.28. The Morgan fingerprint density at radius 3 is 2.62 bits per heavy atom. The molecule has 116 valence electrons. The number of aliphatic imine (C=N–C) groups is 1. The van der Waals surface area contributed by atoms with Gasteiger partial charge in [0.05, 0.1) is 12.1 Å². The molecule has 1 aromatic carbocycles. The minimum atomic E-state index is -0.557. The number of rotatable bonds is 5. The summed E-state index contributed by atoms with van der Waals surface area (Å²) in [6.45, 7) is 6.20. The first-order chi connectivity index (χ1) is 10.1. The summed E-state index contributed by atoms with van der Waals surface area (Å²) in [5.41, 5.74) is 1.93. The molecule has 0 spiro atoms. The van der Waals surface area contributed by atoms with Gasteiger partial charge in [-0.1, -0.05) is 37.1 Å². The van der Waals surface area contributed by atoms with Crippen LogP contribution in [0.2, 0.25) is 0 Å². The van der Waals surface area contributed by atoms with E-state index in [2.05, 4.69) is 41.6 Å². The largest absolute Gasteiger partial charge is 0.388 e. The first-order valence-electron chi connectivity index (χ1n) is 7.92. The van der Waals surface area contributed by atoms with E-state index in [1.54, 1.807) is 0 Å². The molecule has 1 aliphatic rings. The average molecular weight is 289 g/mol. The normalized spacial score (nSPS) is 17.8. The van der Waals surface area contributed by atoms with Gasteiger partial charge in [-0.2, -0.15) is 0 Å². The van der Waals surface area contributed by atoms with Crippen molar-refractivity contribution in [3.63, 3.8) is 0 Å². The van der Waals surface area contributed by atoms with Gasteiger partial charge < -0.3 is 15.7 Å². The second-order valence-electron chi connectivity index (χ2n) is 5.91. The average Bonchev–Trinajstić information content (AvgIpc) is 2.91. The second kappa shape index (κ2) is 7.46. The molecule has 1 aromatic rings. The lowest BCUT2D eigenvalue weighted by Gasteiger charge is -2.23. The minimum Gasteiger partial charge on any atom is -0.388 e. The van der Waals surface area contributed by atoms with Crippen LogP contribution >= 0.6 is 0 Å². The lowest BCUT2D eigenvalue weighted by Crippen LogP contribution is -2.46. The number of hydrogen-bond acceptors (Lipinski definition) is 2. The second-order valence-corrected chi connectivity index (χ2v) is 5.91. The van der Waals surface area contributed by atoms with Gasteiger partial charge in [-0.3, -0.25) is 0 Å². The van der Waals surface area contributed by atoms with Crippen molar-refractivity contribution in [3.8, 4) is 0 Å². The van der Waals surface area contributed by atoms with Crippen molar-refractivity contribution in [2.45, 2.75) is 51.7 Å². The van der Waals surface area contributed by atoms with Crippen LogP contribution in [0.3, 0.4) is 0 Å². The highest BCUT2D eigenvalue weighted by atomic mass is 16.3. The summed E-state index contributed by atoms with van der Waals surface area (Å²) in [5.74, 6) is 0.779. The number of aryl methyl sites for hydroxylation is 1. The quantitative estimate of drug-likeness (QED) is 0.576. The van der Waals surface area contributed by atoms with Crippen LogP contribution in [0.15, 0.2) is 29.3 Å². The van der Waals surface area contributed by atoms with E-state index < -0.39 is 5.60 Å². The molecule has 4 nitrogen and oxygen atoms in total. The van der Waals surface area contributed by atoms with Crippen LogP contribution in [0.25, 0.3) is 0 Å². The molecule has 0 heterocycles. The molecule has 0 saturated heterocycles. The Labute approximate surface area is 127 Å². The summed E-state index contributed by atoms with van der Waals surface area (Å²) < 4.78 is 0. The van der Waals surface area contributed by atoms with E-state index in [-0.39, 0.29) is 0 Å². The molecule has 1 aliphatic carbocycles. The van der Waals surface area contributed by atoms with Crippen molar-refractivity contribution in [1.82, 2.24) is 10.6 Å². The number of hydrogen-bond donors (Lipinski definition) is 3. The SMILES string of the molecule is CCNC(=NCc1ccccc1C)NCC1(O)CCCC1. The van der Waals surface area contributed by atoms with E-state index in [1.165, 1.54) is 11.1 Å². The van der Waals surface area contributed by atoms with Gasteiger partial charge >= 0.3 is 0 Å². The molecule has 0 radical (unpaired) electrons. The Bertz CT molecular complexity index is 479. The topological polar surface area (TPSA) is 56.7 Å². The van der Waals surface area contributed by atoms with Crippen molar-refractivity contribution in [2.24, 2.45) is 4.99 Å². The zero-order valence-corrected chi connectivity index (χ0v) is 13.2. The third-order valence-electron chi connectivity index (χ3n) is 4.13. The third-order valence-corrected chi connectivity index (χ3v) is 4.13. The summed E-state index contributed by atoms with van der Waals surface area (Å²) in [4.78, 5) is 4.62.